The van der Waals surface area contributed by atoms with Crippen molar-refractivity contribution in [1.82, 2.24) is 9.78 Å². The Labute approximate surface area is 169 Å². The average molecular weight is 414 g/mol. The molecule has 6 nitrogen and oxygen atoms in total. The average Bonchev–Trinajstić information content (AvgIpc) is 2.74. The fourth-order valence-corrected chi connectivity index (χ4v) is 2.64. The summed E-state index contributed by atoms with van der Waals surface area (Å²) in [5, 5.41) is 4.21. The maximum Gasteiger partial charge on any atom is 0.416 e. The van der Waals surface area contributed by atoms with Gasteiger partial charge >= 0.3 is 6.18 Å². The number of nitrogens with two attached hydrogens (primary N) is 1. The van der Waals surface area contributed by atoms with Gasteiger partial charge in [-0.25, -0.2) is 9.67 Å². The molecule has 0 aliphatic carbocycles. The van der Waals surface area contributed by atoms with Gasteiger partial charge in [-0.3, -0.25) is 4.79 Å². The first-order chi connectivity index (χ1) is 14.3. The molecule has 0 fully saturated rings. The third-order valence-electron chi connectivity index (χ3n) is 4.05. The highest BCUT2D eigenvalue weighted by Crippen LogP contribution is 2.30. The standard InChI is InChI=1S/C21H17F3N4O2/c1-30-18-13-28(16-9-5-6-14(12-16)21(22,23)24)27-19(20(18)29)17(10-11-25)26-15-7-3-2-4-8-15/h2-13H,25H2,1H3. The van der Waals surface area contributed by atoms with Crippen LogP contribution in [0.1, 0.15) is 11.3 Å². The Balaban J connectivity index is 2.21. The maximum atomic E-state index is 13.1. The van der Waals surface area contributed by atoms with Crippen LogP contribution in [0.5, 0.6) is 5.75 Å². The van der Waals surface area contributed by atoms with Crippen molar-refractivity contribution < 1.29 is 17.9 Å². The van der Waals surface area contributed by atoms with Gasteiger partial charge in [0.05, 0.1) is 36.0 Å². The second-order valence-electron chi connectivity index (χ2n) is 6.06. The Bertz CT molecular complexity index is 1150. The molecule has 0 aliphatic rings. The molecule has 9 heteroatoms. The summed E-state index contributed by atoms with van der Waals surface area (Å²) in [5.41, 5.74) is 4.73. The van der Waals surface area contributed by atoms with Gasteiger partial charge in [0.2, 0.25) is 0 Å². The van der Waals surface area contributed by atoms with Crippen LogP contribution >= 0.6 is 0 Å². The van der Waals surface area contributed by atoms with E-state index < -0.39 is 17.2 Å². The van der Waals surface area contributed by atoms with Crippen LogP contribution in [0.4, 0.5) is 18.9 Å². The van der Waals surface area contributed by atoms with Gasteiger partial charge in [-0.05, 0) is 42.6 Å². The molecule has 2 N–H and O–H groups in total. The van der Waals surface area contributed by atoms with Crippen molar-refractivity contribution in [1.29, 1.82) is 0 Å². The molecule has 0 spiro atoms. The van der Waals surface area contributed by atoms with E-state index in [1.807, 2.05) is 6.07 Å². The number of hydrogen-bond donors (Lipinski definition) is 1. The van der Waals surface area contributed by atoms with Crippen LogP contribution in [0.15, 0.2) is 82.9 Å². The monoisotopic (exact) mass is 414 g/mol. The minimum atomic E-state index is -4.52. The third-order valence-corrected chi connectivity index (χ3v) is 4.05. The second-order valence-corrected chi connectivity index (χ2v) is 6.06. The Hall–Kier alpha value is -3.88. The molecule has 3 rings (SSSR count). The molecule has 0 saturated carbocycles. The molecule has 0 saturated heterocycles. The zero-order chi connectivity index (χ0) is 21.7. The predicted octanol–water partition coefficient (Wildman–Crippen LogP) is 3.85. The van der Waals surface area contributed by atoms with E-state index in [2.05, 4.69) is 10.1 Å². The zero-order valence-electron chi connectivity index (χ0n) is 15.8. The number of hydrogen-bond acceptors (Lipinski definition) is 5. The topological polar surface area (TPSA) is 82.5 Å². The minimum absolute atomic E-state index is 0.0974. The van der Waals surface area contributed by atoms with E-state index in [0.717, 1.165) is 16.8 Å². The second kappa shape index (κ2) is 8.64. The largest absolute Gasteiger partial charge is 0.491 e. The molecular weight excluding hydrogens is 397 g/mol. The predicted molar refractivity (Wildman–Crippen MR) is 107 cm³/mol. The van der Waals surface area contributed by atoms with Crippen LogP contribution < -0.4 is 15.9 Å². The van der Waals surface area contributed by atoms with E-state index in [0.29, 0.717) is 5.69 Å². The summed E-state index contributed by atoms with van der Waals surface area (Å²) in [5.74, 6) is -0.108. The van der Waals surface area contributed by atoms with Crippen LogP contribution in [0, 0.1) is 0 Å². The van der Waals surface area contributed by atoms with Gasteiger partial charge in [0.25, 0.3) is 5.43 Å². The van der Waals surface area contributed by atoms with Gasteiger partial charge in [0.15, 0.2) is 11.4 Å². The molecule has 0 unspecified atom stereocenters. The lowest BCUT2D eigenvalue weighted by molar-refractivity contribution is -0.137. The normalized spacial score (nSPS) is 12.3. The molecule has 0 aliphatic heterocycles. The van der Waals surface area contributed by atoms with Crippen molar-refractivity contribution in [3.63, 3.8) is 0 Å². The molecule has 1 heterocycles. The smallest absolute Gasteiger partial charge is 0.416 e. The van der Waals surface area contributed by atoms with Gasteiger partial charge in [-0.15, -0.1) is 0 Å². The van der Waals surface area contributed by atoms with Gasteiger partial charge in [-0.2, -0.15) is 18.3 Å². The Morgan fingerprint density at radius 1 is 1.17 bits per heavy atom. The number of methoxy groups -OCH3 is 1. The summed E-state index contributed by atoms with van der Waals surface area (Å²) in [6.45, 7) is 0. The number of para-hydroxylation sites is 1. The highest BCUT2D eigenvalue weighted by atomic mass is 19.4. The van der Waals surface area contributed by atoms with Crippen LogP contribution in [0.25, 0.3) is 5.69 Å². The quantitative estimate of drug-likeness (QED) is 0.643. The molecule has 0 bridgehead atoms. The SMILES string of the molecule is COc1cn(-c2cccc(C(F)(F)F)c2)nc(C(C=CN)=Nc2ccccc2)c1=O. The first-order valence-corrected chi connectivity index (χ1v) is 8.71. The number of aliphatic imine (C=N–C) groups is 1. The summed E-state index contributed by atoms with van der Waals surface area (Å²) in [6.07, 6.45) is -0.735. The first-order valence-electron chi connectivity index (χ1n) is 8.71. The summed E-state index contributed by atoms with van der Waals surface area (Å²) in [6, 6.07) is 13.3. The lowest BCUT2D eigenvalue weighted by atomic mass is 10.2. The van der Waals surface area contributed by atoms with Crippen LogP contribution in [0.2, 0.25) is 0 Å². The van der Waals surface area contributed by atoms with Crippen molar-refractivity contribution in [3.05, 3.63) is 94.6 Å². The zero-order valence-corrected chi connectivity index (χ0v) is 15.8. The highest BCUT2D eigenvalue weighted by Gasteiger charge is 2.30. The van der Waals surface area contributed by atoms with Crippen molar-refractivity contribution in [3.8, 4) is 11.4 Å². The van der Waals surface area contributed by atoms with Crippen LogP contribution in [-0.4, -0.2) is 22.6 Å². The van der Waals surface area contributed by atoms with E-state index in [4.69, 9.17) is 10.5 Å². The molecule has 0 amide bonds. The van der Waals surface area contributed by atoms with Crippen molar-refractivity contribution in [2.75, 3.05) is 7.11 Å². The molecule has 30 heavy (non-hydrogen) atoms. The molecular formula is C21H17F3N4O2. The third kappa shape index (κ3) is 4.57. The van der Waals surface area contributed by atoms with Crippen molar-refractivity contribution >= 4 is 11.4 Å². The molecule has 0 atom stereocenters. The number of ether oxygens (including phenoxy) is 1. The summed E-state index contributed by atoms with van der Waals surface area (Å²) in [4.78, 5) is 17.2. The molecule has 3 aromatic rings. The number of nitrogens with zero attached hydrogens (tertiary/aromatic N) is 3. The molecule has 154 valence electrons. The van der Waals surface area contributed by atoms with E-state index in [1.54, 1.807) is 24.3 Å². The van der Waals surface area contributed by atoms with Gasteiger partial charge in [0.1, 0.15) is 0 Å². The van der Waals surface area contributed by atoms with E-state index in [9.17, 15) is 18.0 Å². The Kier molecular flexibility index (Phi) is 6.01. The fraction of sp³-hybridized carbons (Fsp3) is 0.0952. The summed E-state index contributed by atoms with van der Waals surface area (Å²) in [7, 11) is 1.28. The Morgan fingerprint density at radius 3 is 2.53 bits per heavy atom. The Morgan fingerprint density at radius 2 is 1.90 bits per heavy atom. The van der Waals surface area contributed by atoms with Gasteiger partial charge in [-0.1, -0.05) is 24.3 Å². The van der Waals surface area contributed by atoms with E-state index >= 15 is 0 Å². The lowest BCUT2D eigenvalue weighted by Gasteiger charge is -2.13. The number of aromatic nitrogens is 2. The number of rotatable bonds is 5. The minimum Gasteiger partial charge on any atom is -0.491 e. The van der Waals surface area contributed by atoms with Gasteiger partial charge < -0.3 is 10.5 Å². The summed E-state index contributed by atoms with van der Waals surface area (Å²) < 4.78 is 45.5. The van der Waals surface area contributed by atoms with Crippen LogP contribution in [-0.2, 0) is 6.18 Å². The molecule has 2 aromatic carbocycles. The fourth-order valence-electron chi connectivity index (χ4n) is 2.64. The van der Waals surface area contributed by atoms with E-state index in [-0.39, 0.29) is 22.8 Å². The molecule has 1 aromatic heterocycles. The van der Waals surface area contributed by atoms with Crippen LogP contribution in [0.3, 0.4) is 0 Å². The van der Waals surface area contributed by atoms with Gasteiger partial charge in [0, 0.05) is 0 Å². The number of alkyl halides is 3. The van der Waals surface area contributed by atoms with E-state index in [1.165, 1.54) is 37.7 Å². The summed E-state index contributed by atoms with van der Waals surface area (Å²) >= 11 is 0. The first kappa shape index (κ1) is 20.8. The number of halogens is 3. The van der Waals surface area contributed by atoms with Crippen molar-refractivity contribution in [2.45, 2.75) is 6.18 Å². The molecule has 0 radical (unpaired) electrons. The van der Waals surface area contributed by atoms with Crippen molar-refractivity contribution in [2.24, 2.45) is 10.7 Å². The number of allylic oxidation sites excluding steroid dienone is 1. The number of benzene rings is 2. The lowest BCUT2D eigenvalue weighted by Crippen LogP contribution is -2.23. The highest BCUT2D eigenvalue weighted by molar-refractivity contribution is 6.08. The maximum absolute atomic E-state index is 13.1.